The maximum Gasteiger partial charge on any atom is 0.338 e. The summed E-state index contributed by atoms with van der Waals surface area (Å²) in [4.78, 5) is 50.7. The van der Waals surface area contributed by atoms with Gasteiger partial charge in [-0.3, -0.25) is 19.3 Å². The first-order valence-electron chi connectivity index (χ1n) is 10.9. The van der Waals surface area contributed by atoms with Gasteiger partial charge in [-0.2, -0.15) is 0 Å². The van der Waals surface area contributed by atoms with E-state index in [-0.39, 0.29) is 22.6 Å². The topological polar surface area (TPSA) is 102 Å². The Labute approximate surface area is 192 Å². The van der Waals surface area contributed by atoms with E-state index in [0.29, 0.717) is 31.8 Å². The summed E-state index contributed by atoms with van der Waals surface area (Å²) in [5.74, 6) is -0.820. The average molecular weight is 453 g/mol. The maximum atomic E-state index is 12.6. The zero-order chi connectivity index (χ0) is 24.0. The van der Waals surface area contributed by atoms with Gasteiger partial charge in [-0.25, -0.2) is 4.79 Å². The summed E-state index contributed by atoms with van der Waals surface area (Å²) in [6.07, 6.45) is 1.33. The van der Waals surface area contributed by atoms with Gasteiger partial charge >= 0.3 is 5.97 Å². The molecule has 174 valence electrons. The predicted octanol–water partition coefficient (Wildman–Crippen LogP) is 2.85. The lowest BCUT2D eigenvalue weighted by Gasteiger charge is -2.14. The first-order valence-corrected chi connectivity index (χ1v) is 10.9. The fourth-order valence-electron chi connectivity index (χ4n) is 3.41. The number of nitrogens with one attached hydrogen (secondary N) is 1. The van der Waals surface area contributed by atoms with Crippen LogP contribution in [0.4, 0.5) is 0 Å². The van der Waals surface area contributed by atoms with Crippen LogP contribution in [0.1, 0.15) is 56.9 Å². The number of amides is 3. The van der Waals surface area contributed by atoms with Crippen molar-refractivity contribution in [1.29, 1.82) is 0 Å². The molecular formula is C25H28N2O6. The summed E-state index contributed by atoms with van der Waals surface area (Å²) in [5.41, 5.74) is 1.61. The number of carbonyl (C=O) groups excluding carboxylic acids is 4. The molecule has 3 rings (SSSR count). The molecule has 0 unspecified atom stereocenters. The molecule has 8 nitrogen and oxygen atoms in total. The van der Waals surface area contributed by atoms with Gasteiger partial charge in [0.15, 0.2) is 6.61 Å². The van der Waals surface area contributed by atoms with E-state index in [2.05, 4.69) is 5.32 Å². The van der Waals surface area contributed by atoms with E-state index in [1.165, 1.54) is 23.1 Å². The maximum absolute atomic E-state index is 12.6. The number of nitrogens with zero attached hydrogens (tertiary/aromatic N) is 1. The molecule has 2 aromatic carbocycles. The Morgan fingerprint density at radius 1 is 1.00 bits per heavy atom. The van der Waals surface area contributed by atoms with E-state index >= 15 is 0 Å². The number of hydrogen-bond donors (Lipinski definition) is 1. The number of hydrogen-bond acceptors (Lipinski definition) is 6. The van der Waals surface area contributed by atoms with E-state index < -0.39 is 24.4 Å². The molecule has 0 spiro atoms. The lowest BCUT2D eigenvalue weighted by atomic mass is 10.1. The first kappa shape index (κ1) is 24.0. The molecule has 3 amide bonds. The van der Waals surface area contributed by atoms with Gasteiger partial charge in [-0.1, -0.05) is 26.0 Å². The summed E-state index contributed by atoms with van der Waals surface area (Å²) in [7, 11) is 1.60. The predicted molar refractivity (Wildman–Crippen MR) is 121 cm³/mol. The third-order valence-electron chi connectivity index (χ3n) is 5.37. The lowest BCUT2D eigenvalue weighted by Crippen LogP contribution is -2.31. The van der Waals surface area contributed by atoms with Crippen LogP contribution >= 0.6 is 0 Å². The SMILES string of the molecule is COc1ccc(CCNC(=O)COC(=O)c2ccc3c(c2)C(=O)N(CCC(C)C)C3=O)cc1. The fraction of sp³-hybridized carbons (Fsp3) is 0.360. The zero-order valence-corrected chi connectivity index (χ0v) is 19.1. The second kappa shape index (κ2) is 10.8. The van der Waals surface area contributed by atoms with Gasteiger partial charge in [0, 0.05) is 13.1 Å². The van der Waals surface area contributed by atoms with Crippen LogP contribution in [0.25, 0.3) is 0 Å². The van der Waals surface area contributed by atoms with Gasteiger partial charge in [0.2, 0.25) is 0 Å². The largest absolute Gasteiger partial charge is 0.497 e. The lowest BCUT2D eigenvalue weighted by molar-refractivity contribution is -0.124. The fourth-order valence-corrected chi connectivity index (χ4v) is 3.41. The van der Waals surface area contributed by atoms with Crippen molar-refractivity contribution in [2.45, 2.75) is 26.7 Å². The molecule has 1 N–H and O–H groups in total. The number of carbonyl (C=O) groups is 4. The summed E-state index contributed by atoms with van der Waals surface area (Å²) in [6, 6.07) is 11.8. The van der Waals surface area contributed by atoms with Crippen LogP contribution < -0.4 is 10.1 Å². The smallest absolute Gasteiger partial charge is 0.338 e. The van der Waals surface area contributed by atoms with Crippen molar-refractivity contribution in [3.8, 4) is 5.75 Å². The molecule has 0 atom stereocenters. The van der Waals surface area contributed by atoms with Crippen molar-refractivity contribution >= 4 is 23.7 Å². The van der Waals surface area contributed by atoms with Crippen LogP contribution in [0.15, 0.2) is 42.5 Å². The molecule has 8 heteroatoms. The summed E-state index contributed by atoms with van der Waals surface area (Å²) in [5, 5.41) is 2.70. The summed E-state index contributed by atoms with van der Waals surface area (Å²) < 4.78 is 10.2. The van der Waals surface area contributed by atoms with Crippen LogP contribution in [0.3, 0.4) is 0 Å². The molecule has 0 bridgehead atoms. The van der Waals surface area contributed by atoms with E-state index in [4.69, 9.17) is 9.47 Å². The van der Waals surface area contributed by atoms with Crippen molar-refractivity contribution in [3.05, 3.63) is 64.7 Å². The van der Waals surface area contributed by atoms with Crippen molar-refractivity contribution in [3.63, 3.8) is 0 Å². The van der Waals surface area contributed by atoms with Crippen molar-refractivity contribution in [2.75, 3.05) is 26.8 Å². The highest BCUT2D eigenvalue weighted by atomic mass is 16.5. The minimum atomic E-state index is -0.732. The Bertz CT molecular complexity index is 1050. The Hall–Kier alpha value is -3.68. The Kier molecular flexibility index (Phi) is 7.82. The average Bonchev–Trinajstić information content (AvgIpc) is 3.05. The van der Waals surface area contributed by atoms with Gasteiger partial charge < -0.3 is 14.8 Å². The highest BCUT2D eigenvalue weighted by Crippen LogP contribution is 2.25. The van der Waals surface area contributed by atoms with Crippen molar-refractivity contribution in [1.82, 2.24) is 10.2 Å². The number of methoxy groups -OCH3 is 1. The third-order valence-corrected chi connectivity index (χ3v) is 5.37. The molecule has 0 saturated heterocycles. The Morgan fingerprint density at radius 2 is 1.70 bits per heavy atom. The van der Waals surface area contributed by atoms with Gasteiger partial charge in [0.25, 0.3) is 17.7 Å². The first-order chi connectivity index (χ1) is 15.8. The number of rotatable bonds is 10. The van der Waals surface area contributed by atoms with Gasteiger partial charge in [-0.15, -0.1) is 0 Å². The van der Waals surface area contributed by atoms with Gasteiger partial charge in [0.05, 0.1) is 23.8 Å². The van der Waals surface area contributed by atoms with E-state index in [1.54, 1.807) is 7.11 Å². The summed E-state index contributed by atoms with van der Waals surface area (Å²) >= 11 is 0. The molecule has 0 saturated carbocycles. The summed E-state index contributed by atoms with van der Waals surface area (Å²) in [6.45, 7) is 4.32. The zero-order valence-electron chi connectivity index (χ0n) is 19.1. The molecule has 1 aliphatic rings. The molecule has 0 aliphatic carbocycles. The highest BCUT2D eigenvalue weighted by Gasteiger charge is 2.35. The van der Waals surface area contributed by atoms with Gasteiger partial charge in [0.1, 0.15) is 5.75 Å². The molecule has 33 heavy (non-hydrogen) atoms. The molecule has 0 radical (unpaired) electrons. The highest BCUT2D eigenvalue weighted by molar-refractivity contribution is 6.22. The molecule has 0 aromatic heterocycles. The second-order valence-electron chi connectivity index (χ2n) is 8.23. The Balaban J connectivity index is 1.49. The number of fused-ring (bicyclic) bond motifs is 1. The van der Waals surface area contributed by atoms with Gasteiger partial charge in [-0.05, 0) is 54.7 Å². The minimum Gasteiger partial charge on any atom is -0.497 e. The van der Waals surface area contributed by atoms with Crippen molar-refractivity contribution in [2.24, 2.45) is 5.92 Å². The minimum absolute atomic E-state index is 0.117. The quantitative estimate of drug-likeness (QED) is 0.439. The number of esters is 1. The van der Waals surface area contributed by atoms with E-state index in [1.807, 2.05) is 38.1 Å². The Morgan fingerprint density at radius 3 is 2.36 bits per heavy atom. The second-order valence-corrected chi connectivity index (χ2v) is 8.23. The molecule has 0 fully saturated rings. The van der Waals surface area contributed by atoms with E-state index in [0.717, 1.165) is 11.3 Å². The van der Waals surface area contributed by atoms with Crippen LogP contribution in [0.2, 0.25) is 0 Å². The van der Waals surface area contributed by atoms with Crippen LogP contribution in [0.5, 0.6) is 5.75 Å². The van der Waals surface area contributed by atoms with Crippen LogP contribution in [0, 0.1) is 5.92 Å². The number of imide groups is 1. The molecule has 1 aliphatic heterocycles. The van der Waals surface area contributed by atoms with Crippen molar-refractivity contribution < 1.29 is 28.7 Å². The number of benzene rings is 2. The molecule has 1 heterocycles. The monoisotopic (exact) mass is 452 g/mol. The standard InChI is InChI=1S/C25H28N2O6/c1-16(2)11-13-27-23(29)20-9-6-18(14-21(20)24(27)30)25(31)33-15-22(28)26-12-10-17-4-7-19(32-3)8-5-17/h4-9,14,16H,10-13,15H2,1-3H3,(H,26,28). The van der Waals surface area contributed by atoms with E-state index in [9.17, 15) is 19.2 Å². The van der Waals surface area contributed by atoms with Crippen LogP contribution in [-0.2, 0) is 16.0 Å². The molecule has 2 aromatic rings. The third kappa shape index (κ3) is 5.97. The van der Waals surface area contributed by atoms with Crippen LogP contribution in [-0.4, -0.2) is 55.4 Å². The normalized spacial score (nSPS) is 12.7. The molecular weight excluding hydrogens is 424 g/mol. The number of ether oxygens (including phenoxy) is 2.